The van der Waals surface area contributed by atoms with Gasteiger partial charge in [-0.3, -0.25) is 0 Å². The molecule has 0 N–H and O–H groups in total. The van der Waals surface area contributed by atoms with Gasteiger partial charge in [0.25, 0.3) is 0 Å². The van der Waals surface area contributed by atoms with E-state index >= 15 is 0 Å². The Morgan fingerprint density at radius 3 is 1.18 bits per heavy atom. The zero-order chi connectivity index (χ0) is 19.9. The Kier molecular flexibility index (Phi) is 5.68. The molecule has 0 heterocycles. The number of benzene rings is 2. The normalized spacial score (nSPS) is 14.6. The summed E-state index contributed by atoms with van der Waals surface area (Å²) in [5, 5.41) is 0. The molecule has 8 heteroatoms. The van der Waals surface area contributed by atoms with Gasteiger partial charge in [0.2, 0.25) is 0 Å². The predicted octanol–water partition coefficient (Wildman–Crippen LogP) is 7.72. The Labute approximate surface area is 184 Å². The molecular weight excluding hydrogens is 680 g/mol. The highest BCUT2D eigenvalue weighted by Gasteiger charge is 2.10. The van der Waals surface area contributed by atoms with E-state index in [9.17, 15) is 0 Å². The molecule has 2 nitrogen and oxygen atoms in total. The zero-order valence-electron chi connectivity index (χ0n) is 14.4. The van der Waals surface area contributed by atoms with Crippen LogP contribution in [0.2, 0.25) is 0 Å². The van der Waals surface area contributed by atoms with Crippen molar-refractivity contribution in [2.24, 2.45) is 0 Å². The van der Waals surface area contributed by atoms with Crippen molar-refractivity contribution in [3.63, 3.8) is 0 Å². The molecule has 0 aromatic heterocycles. The molecule has 22 heavy (non-hydrogen) atoms. The third-order valence-corrected chi connectivity index (χ3v) is 5.55. The molecule has 0 unspecified atom stereocenters. The fraction of sp³-hybridized carbons (Fsp3) is 0.143. The van der Waals surface area contributed by atoms with Gasteiger partial charge < -0.3 is 9.47 Å². The van der Waals surface area contributed by atoms with E-state index in [1.807, 2.05) is 0 Å². The Morgan fingerprint density at radius 2 is 0.909 bits per heavy atom. The minimum Gasteiger partial charge on any atom is -0.488 e. The monoisotopic (exact) mass is 686 g/mol. The van der Waals surface area contributed by atoms with Gasteiger partial charge in [0.15, 0.2) is 0 Å². The van der Waals surface area contributed by atoms with Crippen molar-refractivity contribution in [3.8, 4) is 11.5 Å². The molecule has 0 saturated heterocycles. The summed E-state index contributed by atoms with van der Waals surface area (Å²) in [5.41, 5.74) is 0. The molecule has 0 amide bonds. The van der Waals surface area contributed by atoms with Crippen molar-refractivity contribution < 1.29 is 15.0 Å². The predicted molar refractivity (Wildman–Crippen MR) is 110 cm³/mol. The quantitative estimate of drug-likeness (QED) is 0.320. The number of halogens is 6. The van der Waals surface area contributed by atoms with Crippen molar-refractivity contribution in [2.45, 2.75) is 0 Å². The Bertz CT molecular complexity index is 731. The van der Waals surface area contributed by atoms with Crippen LogP contribution in [-0.4, -0.2) is 13.1 Å². The number of hydrogen-bond donors (Lipinski definition) is 0. The fourth-order valence-electron chi connectivity index (χ4n) is 1.40. The molecule has 118 valence electrons. The van der Waals surface area contributed by atoms with E-state index in [0.717, 1.165) is 8.95 Å². The molecule has 2 aromatic carbocycles. The summed E-state index contributed by atoms with van der Waals surface area (Å²) in [4.78, 5) is 0. The highest BCUT2D eigenvalue weighted by molar-refractivity contribution is 9.12. The van der Waals surface area contributed by atoms with Crippen LogP contribution < -0.4 is 9.47 Å². The van der Waals surface area contributed by atoms with E-state index in [0.29, 0.717) is 17.9 Å². The smallest absolute Gasteiger partial charge is 0.147 e. The highest BCUT2D eigenvalue weighted by Crippen LogP contribution is 2.37. The number of rotatable bonds is 5. The first-order valence-electron chi connectivity index (χ1n) is 7.51. The van der Waals surface area contributed by atoms with Crippen molar-refractivity contribution >= 4 is 95.6 Å². The van der Waals surface area contributed by atoms with E-state index in [1.54, 1.807) is 24.3 Å². The van der Waals surface area contributed by atoms with Gasteiger partial charge in [-0.05, 0) is 88.0 Å². The Hall–Kier alpha value is 0.920. The van der Waals surface area contributed by atoms with Crippen LogP contribution in [0.5, 0.6) is 11.5 Å². The van der Waals surface area contributed by atoms with E-state index in [2.05, 4.69) is 95.6 Å². The Morgan fingerprint density at radius 1 is 0.636 bits per heavy atom. The summed E-state index contributed by atoms with van der Waals surface area (Å²) in [5.74, 6) is 0.222. The molecule has 0 atom stereocenters. The molecule has 2 rings (SSSR count). The second kappa shape index (κ2) is 8.85. The average molecular weight is 692 g/mol. The van der Waals surface area contributed by atoms with Crippen LogP contribution in [0.15, 0.2) is 51.1 Å². The van der Waals surface area contributed by atoms with Crippen molar-refractivity contribution in [1.82, 2.24) is 0 Å². The second-order valence-electron chi connectivity index (χ2n) is 3.81. The maximum absolute atomic E-state index is 8.10. The average Bonchev–Trinajstić information content (AvgIpc) is 2.46. The lowest BCUT2D eigenvalue weighted by atomic mass is 10.3. The van der Waals surface area contributed by atoms with Gasteiger partial charge in [-0.15, -0.1) is 0 Å². The first-order chi connectivity index (χ1) is 11.8. The molecule has 0 fully saturated rings. The lowest BCUT2D eigenvalue weighted by Crippen LogP contribution is -2.10. The minimum absolute atomic E-state index is 0.111. The maximum Gasteiger partial charge on any atom is 0.147 e. The lowest BCUT2D eigenvalue weighted by molar-refractivity contribution is 0.214. The molecule has 0 radical (unpaired) electrons. The van der Waals surface area contributed by atoms with E-state index in [-0.39, 0.29) is 11.5 Å². The topological polar surface area (TPSA) is 18.5 Å². The first-order valence-corrected chi connectivity index (χ1v) is 10.3. The van der Waals surface area contributed by atoms with Crippen molar-refractivity contribution in [1.29, 1.82) is 0 Å². The summed E-state index contributed by atoms with van der Waals surface area (Å²) in [6.45, 7) is -5.62. The van der Waals surface area contributed by atoms with Gasteiger partial charge in [0.1, 0.15) is 24.6 Å². The maximum atomic E-state index is 8.10. The van der Waals surface area contributed by atoms with Crippen molar-refractivity contribution in [2.75, 3.05) is 13.1 Å². The van der Waals surface area contributed by atoms with Gasteiger partial charge in [0, 0.05) is 8.95 Å². The van der Waals surface area contributed by atoms with Gasteiger partial charge in [-0.25, -0.2) is 0 Å². The highest BCUT2D eigenvalue weighted by atomic mass is 79.9. The van der Waals surface area contributed by atoms with E-state index < -0.39 is 13.1 Å². The molecule has 0 bridgehead atoms. The fourth-order valence-corrected chi connectivity index (χ4v) is 6.24. The molecule has 0 spiro atoms. The third kappa shape index (κ3) is 5.21. The second-order valence-corrected chi connectivity index (χ2v) is 9.05. The standard InChI is InChI=1S/C14H8Br6O2/c15-7-3-9(17)13(10(18)4-7)21-1-2-22-14-11(19)5-8(16)6-12(14)20/h3-6H,1-2H2/i1D2,2D2. The van der Waals surface area contributed by atoms with Crippen molar-refractivity contribution in [3.05, 3.63) is 51.1 Å². The van der Waals surface area contributed by atoms with Crippen LogP contribution in [0.3, 0.4) is 0 Å². The van der Waals surface area contributed by atoms with Gasteiger partial charge in [-0.2, -0.15) is 0 Å². The Balaban J connectivity index is 2.36. The van der Waals surface area contributed by atoms with Crippen LogP contribution >= 0.6 is 95.6 Å². The molecular formula is C14H8Br6O2. The molecule has 0 aliphatic heterocycles. The molecule has 2 aromatic rings. The SMILES string of the molecule is [2H]C([2H])(Oc1c(Br)cc(Br)cc1Br)C([2H])([2H])Oc1c(Br)cc(Br)cc1Br. The molecule has 0 aliphatic rings. The van der Waals surface area contributed by atoms with E-state index in [1.165, 1.54) is 0 Å². The molecule has 0 saturated carbocycles. The number of ether oxygens (including phenoxy) is 2. The van der Waals surface area contributed by atoms with Crippen LogP contribution in [-0.2, 0) is 0 Å². The summed E-state index contributed by atoms with van der Waals surface area (Å²) >= 11 is 19.7. The van der Waals surface area contributed by atoms with Crippen LogP contribution in [0.1, 0.15) is 5.48 Å². The van der Waals surface area contributed by atoms with E-state index in [4.69, 9.17) is 15.0 Å². The van der Waals surface area contributed by atoms with Crippen LogP contribution in [0.25, 0.3) is 0 Å². The van der Waals surface area contributed by atoms with Crippen LogP contribution in [0.4, 0.5) is 0 Å². The van der Waals surface area contributed by atoms with Crippen LogP contribution in [0, 0.1) is 0 Å². The summed E-state index contributed by atoms with van der Waals surface area (Å²) in [6.07, 6.45) is 0. The first kappa shape index (κ1) is 14.1. The third-order valence-electron chi connectivity index (χ3n) is 2.27. The summed E-state index contributed by atoms with van der Waals surface area (Å²) in [7, 11) is 0. The summed E-state index contributed by atoms with van der Waals surface area (Å²) in [6, 6.07) is 6.64. The summed E-state index contributed by atoms with van der Waals surface area (Å²) < 4.78 is 46.3. The lowest BCUT2D eigenvalue weighted by Gasteiger charge is -2.13. The molecule has 0 aliphatic carbocycles. The largest absolute Gasteiger partial charge is 0.488 e. The van der Waals surface area contributed by atoms with Gasteiger partial charge in [0.05, 0.1) is 23.4 Å². The zero-order valence-corrected chi connectivity index (χ0v) is 19.9. The van der Waals surface area contributed by atoms with Gasteiger partial charge in [-0.1, -0.05) is 31.9 Å². The van der Waals surface area contributed by atoms with Gasteiger partial charge >= 0.3 is 0 Å². The number of hydrogen-bond acceptors (Lipinski definition) is 2. The minimum atomic E-state index is -2.81.